The Morgan fingerprint density at radius 2 is 0.519 bits per heavy atom. The number of nitrogens with one attached hydrogen (secondary N) is 4. The minimum atomic E-state index is 0.980. The van der Waals surface area contributed by atoms with E-state index in [2.05, 4.69) is 150 Å². The van der Waals surface area contributed by atoms with Crippen LogP contribution in [0.5, 0.6) is 0 Å². The van der Waals surface area contributed by atoms with E-state index in [1.54, 1.807) is 0 Å². The fraction of sp³-hybridized carbons (Fsp3) is 0.455. The largest absolute Gasteiger partial charge is 0.314 e. The molecule has 2 heterocycles. The molecule has 6 rings (SSSR count). The van der Waals surface area contributed by atoms with Gasteiger partial charge in [0, 0.05) is 131 Å². The lowest BCUT2D eigenvalue weighted by Crippen LogP contribution is -2.42. The van der Waals surface area contributed by atoms with Gasteiger partial charge in [-0.3, -0.25) is 19.6 Å². The Morgan fingerprint density at radius 1 is 0.288 bits per heavy atom. The van der Waals surface area contributed by atoms with Crippen molar-refractivity contribution in [1.82, 2.24) is 40.9 Å². The second-order valence-electron chi connectivity index (χ2n) is 14.5. The predicted molar refractivity (Wildman–Crippen MR) is 217 cm³/mol. The lowest BCUT2D eigenvalue weighted by atomic mass is 10.0. The molecule has 4 aromatic rings. The summed E-state index contributed by atoms with van der Waals surface area (Å²) in [5.74, 6) is 0. The molecule has 4 aromatic carbocycles. The zero-order valence-electron chi connectivity index (χ0n) is 31.3. The third-order valence-corrected chi connectivity index (χ3v) is 10.4. The van der Waals surface area contributed by atoms with Gasteiger partial charge in [0.2, 0.25) is 0 Å². The second kappa shape index (κ2) is 21.9. The molecule has 2 saturated heterocycles. The lowest BCUT2D eigenvalue weighted by Gasteiger charge is -2.27. The summed E-state index contributed by atoms with van der Waals surface area (Å²) in [7, 11) is 0. The van der Waals surface area contributed by atoms with Crippen LogP contribution in [0, 0.1) is 0 Å². The van der Waals surface area contributed by atoms with E-state index >= 15 is 0 Å². The maximum atomic E-state index is 3.71. The molecule has 0 bridgehead atoms. The maximum absolute atomic E-state index is 3.71. The van der Waals surface area contributed by atoms with Gasteiger partial charge in [0.05, 0.1) is 0 Å². The monoisotopic (exact) mass is 703 g/mol. The van der Waals surface area contributed by atoms with Gasteiger partial charge in [0.15, 0.2) is 0 Å². The van der Waals surface area contributed by atoms with Crippen LogP contribution in [0.4, 0.5) is 0 Å². The third-order valence-electron chi connectivity index (χ3n) is 10.4. The molecule has 2 fully saturated rings. The van der Waals surface area contributed by atoms with E-state index in [0.717, 1.165) is 131 Å². The molecular formula is C44H62N8. The van der Waals surface area contributed by atoms with Gasteiger partial charge in [0.1, 0.15) is 0 Å². The van der Waals surface area contributed by atoms with E-state index < -0.39 is 0 Å². The van der Waals surface area contributed by atoms with Gasteiger partial charge >= 0.3 is 0 Å². The Bertz CT molecular complexity index is 1370. The predicted octanol–water partition coefficient (Wildman–Crippen LogP) is 4.35. The van der Waals surface area contributed by atoms with Crippen molar-refractivity contribution in [3.63, 3.8) is 0 Å². The number of nitrogens with zero attached hydrogens (tertiary/aromatic N) is 4. The van der Waals surface area contributed by atoms with E-state index in [0.29, 0.717) is 0 Å². The fourth-order valence-electron chi connectivity index (χ4n) is 7.28. The van der Waals surface area contributed by atoms with Crippen molar-refractivity contribution in [3.05, 3.63) is 131 Å². The molecule has 0 radical (unpaired) electrons. The molecule has 2 aliphatic rings. The number of rotatable bonds is 9. The molecule has 8 nitrogen and oxygen atoms in total. The molecule has 2 aliphatic heterocycles. The molecule has 0 spiro atoms. The van der Waals surface area contributed by atoms with Crippen molar-refractivity contribution in [2.75, 3.05) is 105 Å². The zero-order chi connectivity index (χ0) is 35.5. The van der Waals surface area contributed by atoms with Crippen LogP contribution < -0.4 is 21.3 Å². The van der Waals surface area contributed by atoms with Gasteiger partial charge < -0.3 is 21.3 Å². The normalized spacial score (nSPS) is 19.2. The van der Waals surface area contributed by atoms with Gasteiger partial charge in [-0.2, -0.15) is 0 Å². The summed E-state index contributed by atoms with van der Waals surface area (Å²) < 4.78 is 0. The van der Waals surface area contributed by atoms with Gasteiger partial charge in [-0.05, 0) is 33.4 Å². The van der Waals surface area contributed by atoms with Gasteiger partial charge in [-0.1, -0.05) is 109 Å². The number of hydrogen-bond acceptors (Lipinski definition) is 8. The summed E-state index contributed by atoms with van der Waals surface area (Å²) in [6.45, 7) is 20.7. The van der Waals surface area contributed by atoms with Gasteiger partial charge in [-0.15, -0.1) is 0 Å². The van der Waals surface area contributed by atoms with E-state index in [-0.39, 0.29) is 0 Å². The summed E-state index contributed by atoms with van der Waals surface area (Å²) >= 11 is 0. The van der Waals surface area contributed by atoms with E-state index in [9.17, 15) is 0 Å². The SMILES string of the molecule is c1ccc(CN2CCNCCN(Cc3ccc(-c4ccc(CN5CCNCCN(Cc6ccccc6)CCNCC5)cc4)cc3)CCNCC2)cc1. The Kier molecular flexibility index (Phi) is 16.2. The summed E-state index contributed by atoms with van der Waals surface area (Å²) in [6.07, 6.45) is 0. The molecule has 52 heavy (non-hydrogen) atoms. The van der Waals surface area contributed by atoms with Crippen LogP contribution in [0.25, 0.3) is 11.1 Å². The minimum absolute atomic E-state index is 0.980. The molecule has 0 aromatic heterocycles. The van der Waals surface area contributed by atoms with E-state index in [1.165, 1.54) is 33.4 Å². The first-order valence-electron chi connectivity index (χ1n) is 19.8. The first kappa shape index (κ1) is 38.3. The van der Waals surface area contributed by atoms with Crippen LogP contribution in [-0.4, -0.2) is 124 Å². The molecule has 278 valence electrons. The average molecular weight is 703 g/mol. The summed E-state index contributed by atoms with van der Waals surface area (Å²) in [6, 6.07) is 40.1. The first-order valence-corrected chi connectivity index (χ1v) is 19.8. The van der Waals surface area contributed by atoms with Crippen molar-refractivity contribution in [2.24, 2.45) is 0 Å². The molecule has 0 aliphatic carbocycles. The number of hydrogen-bond donors (Lipinski definition) is 4. The molecule has 0 amide bonds. The highest BCUT2D eigenvalue weighted by Gasteiger charge is 2.12. The highest BCUT2D eigenvalue weighted by atomic mass is 15.2. The number of benzene rings is 4. The Hall–Kier alpha value is -3.44. The highest BCUT2D eigenvalue weighted by molar-refractivity contribution is 5.64. The Labute approximate surface area is 313 Å². The molecule has 0 saturated carbocycles. The molecular weight excluding hydrogens is 641 g/mol. The topological polar surface area (TPSA) is 61.1 Å². The van der Waals surface area contributed by atoms with Crippen LogP contribution in [-0.2, 0) is 26.2 Å². The second-order valence-corrected chi connectivity index (χ2v) is 14.5. The van der Waals surface area contributed by atoms with Crippen LogP contribution in [0.1, 0.15) is 22.3 Å². The smallest absolute Gasteiger partial charge is 0.0234 e. The van der Waals surface area contributed by atoms with Crippen LogP contribution in [0.2, 0.25) is 0 Å². The average Bonchev–Trinajstić information content (AvgIpc) is 3.17. The van der Waals surface area contributed by atoms with Crippen molar-refractivity contribution in [1.29, 1.82) is 0 Å². The van der Waals surface area contributed by atoms with Crippen molar-refractivity contribution in [3.8, 4) is 11.1 Å². The van der Waals surface area contributed by atoms with Gasteiger partial charge in [-0.25, -0.2) is 0 Å². The van der Waals surface area contributed by atoms with Crippen LogP contribution in [0.15, 0.2) is 109 Å². The molecule has 8 heteroatoms. The maximum Gasteiger partial charge on any atom is 0.0234 e. The van der Waals surface area contributed by atoms with E-state index in [4.69, 9.17) is 0 Å². The van der Waals surface area contributed by atoms with E-state index in [1.807, 2.05) is 0 Å². The van der Waals surface area contributed by atoms with Crippen LogP contribution >= 0.6 is 0 Å². The third kappa shape index (κ3) is 13.5. The highest BCUT2D eigenvalue weighted by Crippen LogP contribution is 2.21. The zero-order valence-corrected chi connectivity index (χ0v) is 31.3. The summed E-state index contributed by atoms with van der Waals surface area (Å²) in [4.78, 5) is 10.3. The molecule has 0 atom stereocenters. The van der Waals surface area contributed by atoms with Crippen molar-refractivity contribution >= 4 is 0 Å². The van der Waals surface area contributed by atoms with Crippen LogP contribution in [0.3, 0.4) is 0 Å². The van der Waals surface area contributed by atoms with Crippen molar-refractivity contribution in [2.45, 2.75) is 26.2 Å². The quantitative estimate of drug-likeness (QED) is 0.206. The Balaban J connectivity index is 0.926. The minimum Gasteiger partial charge on any atom is -0.314 e. The molecule has 0 unspecified atom stereocenters. The standard InChI is InChI=1S/C44H62N8/c1-3-7-39(8-4-1)35-49-27-19-45-23-31-51(32-24-46-20-28-49)37-41-11-15-43(16-12-41)44-17-13-42(14-18-44)38-52-33-25-47-21-29-50(30-22-48-26-34-52)36-40-9-5-2-6-10-40/h1-18,45-48H,19-38H2. The van der Waals surface area contributed by atoms with Gasteiger partial charge in [0.25, 0.3) is 0 Å². The summed E-state index contributed by atoms with van der Waals surface area (Å²) in [5.41, 5.74) is 8.11. The Morgan fingerprint density at radius 3 is 0.769 bits per heavy atom. The molecule has 4 N–H and O–H groups in total. The fourth-order valence-corrected chi connectivity index (χ4v) is 7.28. The lowest BCUT2D eigenvalue weighted by molar-refractivity contribution is 0.233. The van der Waals surface area contributed by atoms with Crippen molar-refractivity contribution < 1.29 is 0 Å². The first-order chi connectivity index (χ1) is 25.8. The summed E-state index contributed by atoms with van der Waals surface area (Å²) in [5, 5.41) is 14.8.